The van der Waals surface area contributed by atoms with Gasteiger partial charge in [0.05, 0.1) is 13.2 Å². The molecule has 0 amide bonds. The number of nitrogens with one attached hydrogen (secondary N) is 1. The van der Waals surface area contributed by atoms with E-state index in [1.807, 2.05) is 27.0 Å². The van der Waals surface area contributed by atoms with Gasteiger partial charge in [-0.25, -0.2) is 0 Å². The van der Waals surface area contributed by atoms with Crippen molar-refractivity contribution >= 4 is 0 Å². The number of likely N-dealkylation sites (N-methyl/N-ethyl adjacent to an activating group) is 1. The maximum absolute atomic E-state index is 5.56. The second-order valence-electron chi connectivity index (χ2n) is 3.50. The Hall–Kier alpha value is -1.22. The van der Waals surface area contributed by atoms with Gasteiger partial charge in [0.15, 0.2) is 11.5 Å². The summed E-state index contributed by atoms with van der Waals surface area (Å²) in [6, 6.07) is 6.14. The van der Waals surface area contributed by atoms with Crippen LogP contribution in [0.5, 0.6) is 11.5 Å². The van der Waals surface area contributed by atoms with Gasteiger partial charge in [0.25, 0.3) is 0 Å². The molecule has 0 aromatic heterocycles. The summed E-state index contributed by atoms with van der Waals surface area (Å²) in [4.78, 5) is 0. The quantitative estimate of drug-likeness (QED) is 0.769. The SMILES string of the molecule is CCOc1ccc(CCNC)cc1OCC. The van der Waals surface area contributed by atoms with E-state index >= 15 is 0 Å². The Morgan fingerprint density at radius 1 is 1.06 bits per heavy atom. The molecule has 0 fully saturated rings. The number of hydrogen-bond acceptors (Lipinski definition) is 3. The molecule has 1 aromatic rings. The molecule has 90 valence electrons. The van der Waals surface area contributed by atoms with Gasteiger partial charge in [-0.05, 0) is 51.6 Å². The van der Waals surface area contributed by atoms with Crippen LogP contribution in [-0.4, -0.2) is 26.8 Å². The first-order valence-corrected chi connectivity index (χ1v) is 5.84. The molecule has 0 saturated carbocycles. The highest BCUT2D eigenvalue weighted by Gasteiger charge is 2.05. The molecule has 1 N–H and O–H groups in total. The molecule has 3 nitrogen and oxygen atoms in total. The zero-order valence-corrected chi connectivity index (χ0v) is 10.4. The fourth-order valence-electron chi connectivity index (χ4n) is 1.52. The summed E-state index contributed by atoms with van der Waals surface area (Å²) >= 11 is 0. The average molecular weight is 223 g/mol. The van der Waals surface area contributed by atoms with Crippen LogP contribution >= 0.6 is 0 Å². The molecule has 0 aliphatic rings. The first-order valence-electron chi connectivity index (χ1n) is 5.84. The first kappa shape index (κ1) is 12.8. The minimum atomic E-state index is 0.662. The van der Waals surface area contributed by atoms with Gasteiger partial charge in [0.1, 0.15) is 0 Å². The van der Waals surface area contributed by atoms with Crippen LogP contribution in [0.3, 0.4) is 0 Å². The third-order valence-electron chi connectivity index (χ3n) is 2.27. The number of ether oxygens (including phenoxy) is 2. The van der Waals surface area contributed by atoms with Crippen molar-refractivity contribution in [3.63, 3.8) is 0 Å². The van der Waals surface area contributed by atoms with Crippen molar-refractivity contribution in [2.24, 2.45) is 0 Å². The molecule has 0 aliphatic carbocycles. The summed E-state index contributed by atoms with van der Waals surface area (Å²) in [6.07, 6.45) is 1.00. The Kier molecular flexibility index (Phi) is 5.72. The summed E-state index contributed by atoms with van der Waals surface area (Å²) in [5.74, 6) is 1.68. The molecule has 0 saturated heterocycles. The van der Waals surface area contributed by atoms with E-state index in [2.05, 4.69) is 17.4 Å². The van der Waals surface area contributed by atoms with Crippen LogP contribution in [-0.2, 0) is 6.42 Å². The fraction of sp³-hybridized carbons (Fsp3) is 0.538. The smallest absolute Gasteiger partial charge is 0.161 e. The Labute approximate surface area is 97.8 Å². The molecule has 16 heavy (non-hydrogen) atoms. The Morgan fingerprint density at radius 2 is 1.75 bits per heavy atom. The number of benzene rings is 1. The van der Waals surface area contributed by atoms with Crippen molar-refractivity contribution in [1.29, 1.82) is 0 Å². The van der Waals surface area contributed by atoms with E-state index in [0.717, 1.165) is 24.5 Å². The maximum atomic E-state index is 5.56. The second kappa shape index (κ2) is 7.12. The summed E-state index contributed by atoms with van der Waals surface area (Å²) in [5, 5.41) is 3.14. The predicted octanol–water partition coefficient (Wildman–Crippen LogP) is 2.25. The highest BCUT2D eigenvalue weighted by Crippen LogP contribution is 2.28. The summed E-state index contributed by atoms with van der Waals surface area (Å²) < 4.78 is 11.1. The molecule has 0 unspecified atom stereocenters. The zero-order valence-electron chi connectivity index (χ0n) is 10.4. The largest absolute Gasteiger partial charge is 0.490 e. The predicted molar refractivity (Wildman–Crippen MR) is 66.4 cm³/mol. The normalized spacial score (nSPS) is 10.2. The van der Waals surface area contributed by atoms with Crippen molar-refractivity contribution in [2.45, 2.75) is 20.3 Å². The summed E-state index contributed by atoms with van der Waals surface area (Å²) in [7, 11) is 1.96. The van der Waals surface area contributed by atoms with Gasteiger partial charge >= 0.3 is 0 Å². The first-order chi connectivity index (χ1) is 7.81. The van der Waals surface area contributed by atoms with Crippen molar-refractivity contribution in [3.05, 3.63) is 23.8 Å². The average Bonchev–Trinajstić information content (AvgIpc) is 2.30. The van der Waals surface area contributed by atoms with Crippen LogP contribution in [0.15, 0.2) is 18.2 Å². The van der Waals surface area contributed by atoms with Gasteiger partial charge in [0, 0.05) is 0 Å². The van der Waals surface area contributed by atoms with Gasteiger partial charge < -0.3 is 14.8 Å². The molecule has 0 atom stereocenters. The third kappa shape index (κ3) is 3.74. The monoisotopic (exact) mass is 223 g/mol. The zero-order chi connectivity index (χ0) is 11.8. The molecule has 1 rings (SSSR count). The van der Waals surface area contributed by atoms with E-state index in [9.17, 15) is 0 Å². The Morgan fingerprint density at radius 3 is 2.38 bits per heavy atom. The molecule has 0 bridgehead atoms. The minimum absolute atomic E-state index is 0.662. The minimum Gasteiger partial charge on any atom is -0.490 e. The molecule has 0 radical (unpaired) electrons. The number of rotatable bonds is 7. The van der Waals surface area contributed by atoms with Crippen LogP contribution in [0.4, 0.5) is 0 Å². The van der Waals surface area contributed by atoms with Crippen molar-refractivity contribution < 1.29 is 9.47 Å². The van der Waals surface area contributed by atoms with Gasteiger partial charge in [-0.2, -0.15) is 0 Å². The van der Waals surface area contributed by atoms with Crippen molar-refractivity contribution in [3.8, 4) is 11.5 Å². The lowest BCUT2D eigenvalue weighted by Crippen LogP contribution is -2.10. The van der Waals surface area contributed by atoms with Crippen molar-refractivity contribution in [2.75, 3.05) is 26.8 Å². The summed E-state index contributed by atoms with van der Waals surface area (Å²) in [5.41, 5.74) is 1.27. The molecule has 0 spiro atoms. The van der Waals surface area contributed by atoms with E-state index in [-0.39, 0.29) is 0 Å². The molecular weight excluding hydrogens is 202 g/mol. The van der Waals surface area contributed by atoms with E-state index in [1.54, 1.807) is 0 Å². The van der Waals surface area contributed by atoms with Gasteiger partial charge in [0.2, 0.25) is 0 Å². The second-order valence-corrected chi connectivity index (χ2v) is 3.50. The van der Waals surface area contributed by atoms with Crippen LogP contribution in [0.1, 0.15) is 19.4 Å². The van der Waals surface area contributed by atoms with E-state index in [4.69, 9.17) is 9.47 Å². The van der Waals surface area contributed by atoms with Crippen LogP contribution in [0.25, 0.3) is 0 Å². The maximum Gasteiger partial charge on any atom is 0.161 e. The lowest BCUT2D eigenvalue weighted by Gasteiger charge is -2.12. The van der Waals surface area contributed by atoms with Gasteiger partial charge in [-0.15, -0.1) is 0 Å². The molecule has 1 aromatic carbocycles. The summed E-state index contributed by atoms with van der Waals surface area (Å²) in [6.45, 7) is 6.26. The van der Waals surface area contributed by atoms with Crippen LogP contribution < -0.4 is 14.8 Å². The van der Waals surface area contributed by atoms with Crippen molar-refractivity contribution in [1.82, 2.24) is 5.32 Å². The van der Waals surface area contributed by atoms with Gasteiger partial charge in [-0.1, -0.05) is 6.07 Å². The topological polar surface area (TPSA) is 30.5 Å². The Balaban J connectivity index is 2.79. The molecule has 0 aliphatic heterocycles. The van der Waals surface area contributed by atoms with Crippen LogP contribution in [0, 0.1) is 0 Å². The van der Waals surface area contributed by atoms with Crippen LogP contribution in [0.2, 0.25) is 0 Å². The molecule has 3 heteroatoms. The number of hydrogen-bond donors (Lipinski definition) is 1. The highest BCUT2D eigenvalue weighted by atomic mass is 16.5. The van der Waals surface area contributed by atoms with Gasteiger partial charge in [-0.3, -0.25) is 0 Å². The lowest BCUT2D eigenvalue weighted by molar-refractivity contribution is 0.287. The Bertz CT molecular complexity index is 313. The van der Waals surface area contributed by atoms with E-state index in [0.29, 0.717) is 13.2 Å². The standard InChI is InChI=1S/C13H21NO2/c1-4-15-12-7-6-11(8-9-14-3)10-13(12)16-5-2/h6-7,10,14H,4-5,8-9H2,1-3H3. The van der Waals surface area contributed by atoms with E-state index in [1.165, 1.54) is 5.56 Å². The van der Waals surface area contributed by atoms with E-state index < -0.39 is 0 Å². The highest BCUT2D eigenvalue weighted by molar-refractivity contribution is 5.43. The fourth-order valence-corrected chi connectivity index (χ4v) is 1.52. The molecule has 0 heterocycles. The lowest BCUT2D eigenvalue weighted by atomic mass is 10.1. The molecular formula is C13H21NO2. The third-order valence-corrected chi connectivity index (χ3v) is 2.27.